The maximum Gasteiger partial charge on any atom is 0.281 e. The first kappa shape index (κ1) is 13.8. The lowest BCUT2D eigenvalue weighted by Crippen LogP contribution is -2.16. The van der Waals surface area contributed by atoms with E-state index in [2.05, 4.69) is 9.71 Å². The maximum absolute atomic E-state index is 13.4. The van der Waals surface area contributed by atoms with Gasteiger partial charge in [0.25, 0.3) is 10.0 Å². The van der Waals surface area contributed by atoms with E-state index in [1.165, 1.54) is 27.9 Å². The van der Waals surface area contributed by atoms with Crippen LogP contribution in [0.5, 0.6) is 0 Å². The van der Waals surface area contributed by atoms with Crippen LogP contribution in [0.25, 0.3) is 4.96 Å². The molecule has 0 aliphatic rings. The van der Waals surface area contributed by atoms with E-state index < -0.39 is 15.8 Å². The van der Waals surface area contributed by atoms with Crippen LogP contribution in [0, 0.1) is 12.7 Å². The zero-order valence-electron chi connectivity index (χ0n) is 10.9. The molecule has 110 valence electrons. The maximum atomic E-state index is 13.4. The highest BCUT2D eigenvalue weighted by molar-refractivity contribution is 7.92. The van der Waals surface area contributed by atoms with Crippen LogP contribution >= 0.6 is 11.3 Å². The molecular formula is C12H11FN4O2S2. The van der Waals surface area contributed by atoms with E-state index in [1.807, 2.05) is 0 Å². The highest BCUT2D eigenvalue weighted by Crippen LogP contribution is 2.25. The highest BCUT2D eigenvalue weighted by Gasteiger charge is 2.24. The first-order valence-electron chi connectivity index (χ1n) is 5.88. The lowest BCUT2D eigenvalue weighted by atomic mass is 10.2. The normalized spacial score (nSPS) is 11.9. The van der Waals surface area contributed by atoms with Gasteiger partial charge in [-0.3, -0.25) is 9.12 Å². The number of sulfonamides is 1. The average molecular weight is 326 g/mol. The van der Waals surface area contributed by atoms with E-state index in [1.54, 1.807) is 18.5 Å². The van der Waals surface area contributed by atoms with E-state index in [4.69, 9.17) is 5.73 Å². The number of hydrogen-bond donors (Lipinski definition) is 2. The molecule has 2 heterocycles. The van der Waals surface area contributed by atoms with Gasteiger partial charge in [-0.2, -0.15) is 8.42 Å². The van der Waals surface area contributed by atoms with Crippen molar-refractivity contribution in [2.24, 2.45) is 0 Å². The number of anilines is 2. The minimum Gasteiger partial charge on any atom is -0.381 e. The summed E-state index contributed by atoms with van der Waals surface area (Å²) in [6, 6.07) is 3.94. The van der Waals surface area contributed by atoms with E-state index in [0.29, 0.717) is 10.5 Å². The van der Waals surface area contributed by atoms with Crippen molar-refractivity contribution in [2.45, 2.75) is 11.9 Å². The number of nitrogens with two attached hydrogens (primary N) is 1. The Hall–Kier alpha value is -2.13. The Bertz CT molecular complexity index is 910. The molecule has 0 fully saturated rings. The molecule has 3 aromatic rings. The van der Waals surface area contributed by atoms with E-state index in [-0.39, 0.29) is 16.5 Å². The summed E-state index contributed by atoms with van der Waals surface area (Å²) in [6.07, 6.45) is 1.56. The number of nitrogens with zero attached hydrogens (tertiary/aromatic N) is 2. The van der Waals surface area contributed by atoms with Crippen LogP contribution in [0.1, 0.15) is 5.56 Å². The molecule has 0 atom stereocenters. The minimum atomic E-state index is -3.97. The lowest BCUT2D eigenvalue weighted by Gasteiger charge is -2.08. The predicted octanol–water partition coefficient (Wildman–Crippen LogP) is 2.23. The Morgan fingerprint density at radius 2 is 2.14 bits per heavy atom. The Labute approximate surface area is 124 Å². The van der Waals surface area contributed by atoms with Crippen molar-refractivity contribution < 1.29 is 12.8 Å². The predicted molar refractivity (Wildman–Crippen MR) is 79.4 cm³/mol. The minimum absolute atomic E-state index is 0.0949. The topological polar surface area (TPSA) is 89.5 Å². The average Bonchev–Trinajstić information content (AvgIpc) is 2.85. The van der Waals surface area contributed by atoms with Crippen molar-refractivity contribution in [1.29, 1.82) is 0 Å². The van der Waals surface area contributed by atoms with Crippen LogP contribution < -0.4 is 10.5 Å². The molecule has 0 bridgehead atoms. The molecular weight excluding hydrogens is 315 g/mol. The smallest absolute Gasteiger partial charge is 0.281 e. The molecule has 0 unspecified atom stereocenters. The molecule has 2 aromatic heterocycles. The second kappa shape index (κ2) is 4.71. The molecule has 0 aliphatic carbocycles. The van der Waals surface area contributed by atoms with Gasteiger partial charge in [0, 0.05) is 11.6 Å². The summed E-state index contributed by atoms with van der Waals surface area (Å²) in [4.78, 5) is 4.46. The van der Waals surface area contributed by atoms with Crippen LogP contribution in [0.3, 0.4) is 0 Å². The third kappa shape index (κ3) is 2.45. The summed E-state index contributed by atoms with van der Waals surface area (Å²) in [5.74, 6) is -0.614. The molecule has 3 N–H and O–H groups in total. The van der Waals surface area contributed by atoms with Crippen LogP contribution in [0.2, 0.25) is 0 Å². The monoisotopic (exact) mass is 326 g/mol. The largest absolute Gasteiger partial charge is 0.381 e. The van der Waals surface area contributed by atoms with Gasteiger partial charge in [-0.1, -0.05) is 0 Å². The number of fused-ring (bicyclic) bond motifs is 1. The molecule has 0 amide bonds. The molecule has 0 aliphatic heterocycles. The summed E-state index contributed by atoms with van der Waals surface area (Å²) in [5.41, 5.74) is 6.42. The molecule has 6 nitrogen and oxygen atoms in total. The van der Waals surface area contributed by atoms with Crippen molar-refractivity contribution >= 4 is 37.8 Å². The van der Waals surface area contributed by atoms with Crippen molar-refractivity contribution in [1.82, 2.24) is 9.38 Å². The molecule has 3 rings (SSSR count). The summed E-state index contributed by atoms with van der Waals surface area (Å²) < 4.78 is 42.0. The summed E-state index contributed by atoms with van der Waals surface area (Å²) in [5, 5.41) is 1.55. The lowest BCUT2D eigenvalue weighted by molar-refractivity contribution is 0.597. The van der Waals surface area contributed by atoms with E-state index in [0.717, 1.165) is 6.07 Å². The fraction of sp³-hybridized carbons (Fsp3) is 0.0833. The first-order valence-corrected chi connectivity index (χ1v) is 8.24. The molecule has 0 spiro atoms. The molecule has 21 heavy (non-hydrogen) atoms. The molecule has 0 radical (unpaired) electrons. The fourth-order valence-electron chi connectivity index (χ4n) is 2.05. The van der Waals surface area contributed by atoms with Gasteiger partial charge in [-0.25, -0.2) is 9.37 Å². The molecule has 9 heteroatoms. The van der Waals surface area contributed by atoms with Gasteiger partial charge in [0.2, 0.25) is 5.03 Å². The number of aryl methyl sites for hydroxylation is 1. The Morgan fingerprint density at radius 3 is 2.86 bits per heavy atom. The van der Waals surface area contributed by atoms with Gasteiger partial charge in [-0.15, -0.1) is 11.3 Å². The Morgan fingerprint density at radius 1 is 1.38 bits per heavy atom. The van der Waals surface area contributed by atoms with E-state index in [9.17, 15) is 12.8 Å². The number of halogens is 1. The fourth-order valence-corrected chi connectivity index (χ4v) is 4.08. The van der Waals surface area contributed by atoms with E-state index >= 15 is 0 Å². The van der Waals surface area contributed by atoms with Crippen LogP contribution in [0.15, 0.2) is 34.8 Å². The first-order chi connectivity index (χ1) is 9.87. The number of rotatable bonds is 3. The van der Waals surface area contributed by atoms with Gasteiger partial charge in [0.15, 0.2) is 10.8 Å². The molecule has 0 saturated heterocycles. The Balaban J connectivity index is 2.08. The number of imidazole rings is 1. The van der Waals surface area contributed by atoms with Gasteiger partial charge in [0.05, 0.1) is 5.69 Å². The zero-order valence-corrected chi connectivity index (χ0v) is 12.5. The Kier molecular flexibility index (Phi) is 3.10. The number of aromatic nitrogens is 2. The number of nitrogens with one attached hydrogen (secondary N) is 1. The summed E-state index contributed by atoms with van der Waals surface area (Å²) >= 11 is 1.27. The van der Waals surface area contributed by atoms with Gasteiger partial charge >= 0.3 is 0 Å². The van der Waals surface area contributed by atoms with Crippen LogP contribution in [0.4, 0.5) is 15.9 Å². The SMILES string of the molecule is Cc1cc(F)cc(NS(=O)(=O)c2c(N)nc3sccn23)c1. The van der Waals surface area contributed by atoms with Crippen molar-refractivity contribution in [3.05, 3.63) is 41.2 Å². The van der Waals surface area contributed by atoms with Crippen LogP contribution in [-0.2, 0) is 10.0 Å². The summed E-state index contributed by atoms with van der Waals surface area (Å²) in [7, 11) is -3.97. The second-order valence-corrected chi connectivity index (χ2v) is 6.95. The van der Waals surface area contributed by atoms with Crippen molar-refractivity contribution in [2.75, 3.05) is 10.5 Å². The third-order valence-corrected chi connectivity index (χ3v) is 4.97. The highest BCUT2D eigenvalue weighted by atomic mass is 32.2. The molecule has 1 aromatic carbocycles. The number of benzene rings is 1. The van der Waals surface area contributed by atoms with Gasteiger partial charge in [-0.05, 0) is 30.7 Å². The molecule has 0 saturated carbocycles. The van der Waals surface area contributed by atoms with Crippen molar-refractivity contribution in [3.8, 4) is 0 Å². The third-order valence-electron chi connectivity index (χ3n) is 2.79. The number of nitrogen functional groups attached to an aromatic ring is 1. The standard InChI is InChI=1S/C12H11FN4O2S2/c1-7-4-8(13)6-9(5-7)16-21(18,19)11-10(14)15-12-17(11)2-3-20-12/h2-6,16H,14H2,1H3. The zero-order chi connectivity index (χ0) is 15.2. The quantitative estimate of drug-likeness (QED) is 0.772. The second-order valence-electron chi connectivity index (χ2n) is 4.48. The van der Waals surface area contributed by atoms with Crippen molar-refractivity contribution in [3.63, 3.8) is 0 Å². The number of thiazole rings is 1. The van der Waals surface area contributed by atoms with Crippen LogP contribution in [-0.4, -0.2) is 17.8 Å². The number of hydrogen-bond acceptors (Lipinski definition) is 5. The van der Waals surface area contributed by atoms with Gasteiger partial charge in [0.1, 0.15) is 5.82 Å². The van der Waals surface area contributed by atoms with Gasteiger partial charge < -0.3 is 5.73 Å². The summed E-state index contributed by atoms with van der Waals surface area (Å²) in [6.45, 7) is 1.67.